The van der Waals surface area contributed by atoms with Gasteiger partial charge in [0.1, 0.15) is 6.26 Å². The van der Waals surface area contributed by atoms with Gasteiger partial charge in [0, 0.05) is 11.8 Å². The van der Waals surface area contributed by atoms with Gasteiger partial charge in [-0.3, -0.25) is 10.2 Å². The van der Waals surface area contributed by atoms with E-state index < -0.39 is 0 Å². The summed E-state index contributed by atoms with van der Waals surface area (Å²) >= 11 is 0. The molecule has 3 aromatic rings. The summed E-state index contributed by atoms with van der Waals surface area (Å²) in [6.07, 6.45) is 1.42. The zero-order valence-electron chi connectivity index (χ0n) is 11.8. The van der Waals surface area contributed by atoms with Gasteiger partial charge in [0.15, 0.2) is 5.82 Å². The minimum absolute atomic E-state index is 0.260. The molecule has 110 valence electrons. The third-order valence-electron chi connectivity index (χ3n) is 3.17. The Bertz CT molecular complexity index is 712. The minimum atomic E-state index is -0.260. The first kappa shape index (κ1) is 13.9. The number of nitrogens with zero attached hydrogens (tertiary/aromatic N) is 2. The summed E-state index contributed by atoms with van der Waals surface area (Å²) in [5, 5.41) is 6.43. The summed E-state index contributed by atoms with van der Waals surface area (Å²) in [6, 6.07) is 20.7. The van der Waals surface area contributed by atoms with Gasteiger partial charge in [0.25, 0.3) is 0 Å². The Hall–Kier alpha value is -3.08. The van der Waals surface area contributed by atoms with Crippen LogP contribution >= 0.6 is 0 Å². The number of aromatic nitrogens is 1. The fraction of sp³-hybridized carbons (Fsp3) is 0.0588. The number of rotatable bonds is 4. The molecule has 1 N–H and O–H groups in total. The molecular formula is C17H15N3O2. The first-order valence-corrected chi connectivity index (χ1v) is 6.91. The molecule has 0 radical (unpaired) electrons. The predicted octanol–water partition coefficient (Wildman–Crippen LogP) is 3.91. The first-order valence-electron chi connectivity index (χ1n) is 6.91. The molecular weight excluding hydrogens is 278 g/mol. The summed E-state index contributed by atoms with van der Waals surface area (Å²) in [7, 11) is 0. The quantitative estimate of drug-likeness (QED) is 0.793. The van der Waals surface area contributed by atoms with E-state index >= 15 is 0 Å². The van der Waals surface area contributed by atoms with Crippen molar-refractivity contribution in [1.82, 2.24) is 5.16 Å². The van der Waals surface area contributed by atoms with Crippen LogP contribution in [0, 0.1) is 0 Å². The zero-order valence-corrected chi connectivity index (χ0v) is 11.8. The van der Waals surface area contributed by atoms with E-state index in [-0.39, 0.29) is 6.03 Å². The highest BCUT2D eigenvalue weighted by atomic mass is 16.5. The Balaban J connectivity index is 1.84. The normalized spacial score (nSPS) is 10.2. The predicted molar refractivity (Wildman–Crippen MR) is 84.6 cm³/mol. The Morgan fingerprint density at radius 2 is 1.68 bits per heavy atom. The second-order valence-electron chi connectivity index (χ2n) is 4.72. The highest BCUT2D eigenvalue weighted by Gasteiger charge is 2.17. The fourth-order valence-corrected chi connectivity index (χ4v) is 2.11. The van der Waals surface area contributed by atoms with Gasteiger partial charge in [0.05, 0.1) is 6.54 Å². The molecule has 0 saturated heterocycles. The summed E-state index contributed by atoms with van der Waals surface area (Å²) in [6.45, 7) is 0.467. The fourth-order valence-electron chi connectivity index (χ4n) is 2.11. The molecule has 2 aromatic carbocycles. The number of benzene rings is 2. The van der Waals surface area contributed by atoms with E-state index in [0.29, 0.717) is 12.4 Å². The van der Waals surface area contributed by atoms with Crippen molar-refractivity contribution in [3.8, 4) is 0 Å². The molecule has 0 bridgehead atoms. The maximum absolute atomic E-state index is 12.5. The van der Waals surface area contributed by atoms with Gasteiger partial charge >= 0.3 is 6.03 Å². The lowest BCUT2D eigenvalue weighted by Gasteiger charge is -2.22. The van der Waals surface area contributed by atoms with Crippen molar-refractivity contribution in [1.29, 1.82) is 0 Å². The van der Waals surface area contributed by atoms with Crippen LogP contribution in [-0.4, -0.2) is 11.2 Å². The molecule has 0 aliphatic carbocycles. The van der Waals surface area contributed by atoms with Crippen LogP contribution in [0.5, 0.6) is 0 Å². The van der Waals surface area contributed by atoms with E-state index in [1.54, 1.807) is 11.0 Å². The van der Waals surface area contributed by atoms with Crippen LogP contribution in [0.3, 0.4) is 0 Å². The molecule has 0 saturated carbocycles. The van der Waals surface area contributed by atoms with E-state index in [9.17, 15) is 4.79 Å². The van der Waals surface area contributed by atoms with Gasteiger partial charge in [-0.15, -0.1) is 0 Å². The van der Waals surface area contributed by atoms with E-state index in [1.165, 1.54) is 6.26 Å². The smallest absolute Gasteiger partial charge is 0.327 e. The molecule has 2 amide bonds. The first-order chi connectivity index (χ1) is 10.8. The molecule has 22 heavy (non-hydrogen) atoms. The van der Waals surface area contributed by atoms with Crippen LogP contribution in [0.4, 0.5) is 16.3 Å². The van der Waals surface area contributed by atoms with Crippen LogP contribution in [0.15, 0.2) is 77.5 Å². The van der Waals surface area contributed by atoms with Crippen LogP contribution < -0.4 is 10.2 Å². The number of carbonyl (C=O) groups excluding carboxylic acids is 1. The van der Waals surface area contributed by atoms with Gasteiger partial charge in [0.2, 0.25) is 0 Å². The number of nitrogens with one attached hydrogen (secondary N) is 1. The number of hydrogen-bond donors (Lipinski definition) is 1. The number of urea groups is 1. The third kappa shape index (κ3) is 3.32. The average Bonchev–Trinajstić information content (AvgIpc) is 3.07. The van der Waals surface area contributed by atoms with E-state index in [4.69, 9.17) is 4.52 Å². The second-order valence-corrected chi connectivity index (χ2v) is 4.72. The molecule has 0 atom stereocenters. The highest BCUT2D eigenvalue weighted by Crippen LogP contribution is 2.18. The van der Waals surface area contributed by atoms with Gasteiger partial charge < -0.3 is 4.52 Å². The monoisotopic (exact) mass is 293 g/mol. The van der Waals surface area contributed by atoms with Crippen molar-refractivity contribution in [2.24, 2.45) is 0 Å². The molecule has 0 aliphatic rings. The summed E-state index contributed by atoms with van der Waals surface area (Å²) in [5.74, 6) is 0.388. The van der Waals surface area contributed by atoms with E-state index in [2.05, 4.69) is 10.5 Å². The standard InChI is InChI=1S/C17H15N3O2/c21-17(18-16-11-12-22-19-16)20(15-9-5-2-6-10-15)13-14-7-3-1-4-8-14/h1-12H,13H2,(H,18,19,21). The highest BCUT2D eigenvalue weighted by molar-refractivity contribution is 6.01. The Morgan fingerprint density at radius 1 is 1.00 bits per heavy atom. The molecule has 0 aliphatic heterocycles. The maximum atomic E-state index is 12.5. The van der Waals surface area contributed by atoms with Crippen LogP contribution in [0.2, 0.25) is 0 Å². The Kier molecular flexibility index (Phi) is 4.15. The molecule has 0 unspecified atom stereocenters. The topological polar surface area (TPSA) is 58.4 Å². The SMILES string of the molecule is O=C(Nc1ccon1)N(Cc1ccccc1)c1ccccc1. The zero-order chi connectivity index (χ0) is 15.2. The molecule has 0 fully saturated rings. The minimum Gasteiger partial charge on any atom is -0.363 e. The van der Waals surface area contributed by atoms with E-state index in [1.807, 2.05) is 60.7 Å². The lowest BCUT2D eigenvalue weighted by atomic mass is 10.2. The van der Waals surface area contributed by atoms with Gasteiger partial charge in [-0.25, -0.2) is 4.79 Å². The number of anilines is 2. The summed E-state index contributed by atoms with van der Waals surface area (Å²) in [5.41, 5.74) is 1.86. The molecule has 0 spiro atoms. The van der Waals surface area contributed by atoms with Crippen molar-refractivity contribution >= 4 is 17.5 Å². The third-order valence-corrected chi connectivity index (χ3v) is 3.17. The molecule has 1 heterocycles. The second kappa shape index (κ2) is 6.58. The number of para-hydroxylation sites is 1. The van der Waals surface area contributed by atoms with Crippen molar-refractivity contribution in [3.05, 3.63) is 78.6 Å². The Morgan fingerprint density at radius 3 is 2.32 bits per heavy atom. The summed E-state index contributed by atoms with van der Waals surface area (Å²) in [4.78, 5) is 14.2. The van der Waals surface area contributed by atoms with Gasteiger partial charge in [-0.05, 0) is 17.7 Å². The van der Waals surface area contributed by atoms with Crippen LogP contribution in [0.25, 0.3) is 0 Å². The van der Waals surface area contributed by atoms with E-state index in [0.717, 1.165) is 11.3 Å². The number of hydrogen-bond acceptors (Lipinski definition) is 3. The molecule has 1 aromatic heterocycles. The number of carbonyl (C=O) groups is 1. The Labute approximate surface area is 128 Å². The lowest BCUT2D eigenvalue weighted by molar-refractivity contribution is 0.256. The largest absolute Gasteiger partial charge is 0.363 e. The lowest BCUT2D eigenvalue weighted by Crippen LogP contribution is -2.34. The molecule has 5 nitrogen and oxygen atoms in total. The molecule has 5 heteroatoms. The van der Waals surface area contributed by atoms with Crippen molar-refractivity contribution in [2.45, 2.75) is 6.54 Å². The van der Waals surface area contributed by atoms with Crippen LogP contribution in [-0.2, 0) is 6.54 Å². The van der Waals surface area contributed by atoms with Crippen molar-refractivity contribution in [3.63, 3.8) is 0 Å². The summed E-state index contributed by atoms with van der Waals surface area (Å²) < 4.78 is 4.74. The van der Waals surface area contributed by atoms with Gasteiger partial charge in [-0.2, -0.15) is 0 Å². The molecule has 3 rings (SSSR count). The average molecular weight is 293 g/mol. The van der Waals surface area contributed by atoms with Crippen molar-refractivity contribution < 1.29 is 9.32 Å². The number of amides is 2. The van der Waals surface area contributed by atoms with Gasteiger partial charge in [-0.1, -0.05) is 53.7 Å². The maximum Gasteiger partial charge on any atom is 0.327 e. The van der Waals surface area contributed by atoms with Crippen LogP contribution in [0.1, 0.15) is 5.56 Å². The van der Waals surface area contributed by atoms with Crippen molar-refractivity contribution in [2.75, 3.05) is 10.2 Å².